The smallest absolute Gasteiger partial charge is 0.0719 e. The average molecular weight is 801 g/mol. The van der Waals surface area contributed by atoms with Gasteiger partial charge in [-0.2, -0.15) is 0 Å². The van der Waals surface area contributed by atoms with E-state index < -0.39 is 5.41 Å². The number of fused-ring (bicyclic) bond motifs is 9. The third kappa shape index (κ3) is 5.19. The van der Waals surface area contributed by atoms with Crippen LogP contribution in [0.1, 0.15) is 22.3 Å². The van der Waals surface area contributed by atoms with E-state index in [-0.39, 0.29) is 0 Å². The standard InChI is InChI=1S/C61H40N2/c1-4-17-44(18-5-1)61(45-19-6-2-7-20-45)55-28-13-10-23-49(55)52-27-16-26-48(60(52)61)41-31-35-47(36-32-41)63-57-30-15-12-25-51(57)54-40-43(34-38-59(54)63)42-33-37-58-53(39-42)50-24-11-14-29-56(50)62(58)46-21-8-3-9-22-46/h1-40H. The zero-order chi connectivity index (χ0) is 41.5. The second-order valence-corrected chi connectivity index (χ2v) is 16.8. The van der Waals surface area contributed by atoms with Gasteiger partial charge in [-0.15, -0.1) is 0 Å². The molecule has 0 saturated carbocycles. The van der Waals surface area contributed by atoms with E-state index >= 15 is 0 Å². The Labute approximate surface area is 366 Å². The lowest BCUT2D eigenvalue weighted by atomic mass is 9.66. The molecule has 0 bridgehead atoms. The van der Waals surface area contributed by atoms with E-state index in [0.29, 0.717) is 0 Å². The summed E-state index contributed by atoms with van der Waals surface area (Å²) in [6, 6.07) is 89.5. The van der Waals surface area contributed by atoms with Gasteiger partial charge in [0.2, 0.25) is 0 Å². The van der Waals surface area contributed by atoms with Gasteiger partial charge < -0.3 is 9.13 Å². The maximum absolute atomic E-state index is 2.43. The lowest BCUT2D eigenvalue weighted by Crippen LogP contribution is -2.29. The summed E-state index contributed by atoms with van der Waals surface area (Å²) in [6.45, 7) is 0. The van der Waals surface area contributed by atoms with Crippen molar-refractivity contribution >= 4 is 43.6 Å². The van der Waals surface area contributed by atoms with Crippen molar-refractivity contribution in [2.24, 2.45) is 0 Å². The Balaban J connectivity index is 0.945. The zero-order valence-corrected chi connectivity index (χ0v) is 34.5. The average Bonchev–Trinajstić information content (AvgIpc) is 3.99. The molecule has 12 aromatic rings. The van der Waals surface area contributed by atoms with Crippen molar-refractivity contribution in [2.45, 2.75) is 5.41 Å². The largest absolute Gasteiger partial charge is 0.309 e. The molecule has 2 aromatic heterocycles. The van der Waals surface area contributed by atoms with Crippen LogP contribution in [0.15, 0.2) is 243 Å². The second-order valence-electron chi connectivity index (χ2n) is 16.8. The van der Waals surface area contributed by atoms with E-state index in [1.54, 1.807) is 0 Å². The number of hydrogen-bond donors (Lipinski definition) is 0. The molecule has 13 rings (SSSR count). The number of benzene rings is 10. The van der Waals surface area contributed by atoms with Gasteiger partial charge in [0.15, 0.2) is 0 Å². The number of rotatable bonds is 6. The molecule has 294 valence electrons. The minimum absolute atomic E-state index is 0.474. The molecule has 0 amide bonds. The summed E-state index contributed by atoms with van der Waals surface area (Å²) in [7, 11) is 0. The van der Waals surface area contributed by atoms with E-state index in [0.717, 1.165) is 5.69 Å². The first-order valence-corrected chi connectivity index (χ1v) is 21.8. The Kier molecular flexibility index (Phi) is 7.85. The first kappa shape index (κ1) is 35.5. The van der Waals surface area contributed by atoms with Crippen molar-refractivity contribution in [3.63, 3.8) is 0 Å². The molecule has 1 aliphatic rings. The maximum atomic E-state index is 2.43. The molecular formula is C61H40N2. The Morgan fingerprint density at radius 3 is 1.29 bits per heavy atom. The minimum atomic E-state index is -0.474. The van der Waals surface area contributed by atoms with Crippen LogP contribution in [-0.4, -0.2) is 9.13 Å². The lowest BCUT2D eigenvalue weighted by molar-refractivity contribution is 0.770. The molecule has 0 aliphatic heterocycles. The van der Waals surface area contributed by atoms with Crippen LogP contribution in [0.5, 0.6) is 0 Å². The third-order valence-electron chi connectivity index (χ3n) is 13.6. The van der Waals surface area contributed by atoms with E-state index in [2.05, 4.69) is 252 Å². The van der Waals surface area contributed by atoms with Gasteiger partial charge in [0.1, 0.15) is 0 Å². The van der Waals surface area contributed by atoms with Gasteiger partial charge in [-0.1, -0.05) is 182 Å². The molecule has 0 radical (unpaired) electrons. The number of hydrogen-bond acceptors (Lipinski definition) is 0. The van der Waals surface area contributed by atoms with Crippen LogP contribution in [0.25, 0.3) is 88.4 Å². The van der Waals surface area contributed by atoms with Crippen LogP contribution >= 0.6 is 0 Å². The van der Waals surface area contributed by atoms with Gasteiger partial charge in [0.05, 0.1) is 27.5 Å². The van der Waals surface area contributed by atoms with Crippen molar-refractivity contribution < 1.29 is 0 Å². The molecule has 0 spiro atoms. The fraction of sp³-hybridized carbons (Fsp3) is 0.0164. The molecule has 2 heterocycles. The number of nitrogens with zero attached hydrogens (tertiary/aromatic N) is 2. The molecule has 0 atom stereocenters. The van der Waals surface area contributed by atoms with Crippen molar-refractivity contribution in [2.75, 3.05) is 0 Å². The summed E-state index contributed by atoms with van der Waals surface area (Å²) in [5.74, 6) is 0. The molecule has 63 heavy (non-hydrogen) atoms. The monoisotopic (exact) mass is 800 g/mol. The predicted molar refractivity (Wildman–Crippen MR) is 263 cm³/mol. The Hall–Kier alpha value is -8.20. The first-order valence-electron chi connectivity index (χ1n) is 21.8. The van der Waals surface area contributed by atoms with E-state index in [1.165, 1.54) is 105 Å². The maximum Gasteiger partial charge on any atom is 0.0719 e. The highest BCUT2D eigenvalue weighted by Crippen LogP contribution is 2.58. The molecule has 2 nitrogen and oxygen atoms in total. The van der Waals surface area contributed by atoms with Crippen molar-refractivity contribution in [3.8, 4) is 44.8 Å². The van der Waals surface area contributed by atoms with Gasteiger partial charge in [-0.25, -0.2) is 0 Å². The van der Waals surface area contributed by atoms with E-state index in [4.69, 9.17) is 0 Å². The Morgan fingerprint density at radius 1 is 0.270 bits per heavy atom. The fourth-order valence-corrected chi connectivity index (χ4v) is 11.0. The first-order chi connectivity index (χ1) is 31.3. The topological polar surface area (TPSA) is 9.86 Å². The van der Waals surface area contributed by atoms with Gasteiger partial charge in [-0.05, 0) is 116 Å². The third-order valence-corrected chi connectivity index (χ3v) is 13.6. The molecule has 10 aromatic carbocycles. The van der Waals surface area contributed by atoms with Crippen molar-refractivity contribution in [1.29, 1.82) is 0 Å². The highest BCUT2D eigenvalue weighted by Gasteiger charge is 2.47. The number of aromatic nitrogens is 2. The van der Waals surface area contributed by atoms with Crippen molar-refractivity contribution in [1.82, 2.24) is 9.13 Å². The highest BCUT2D eigenvalue weighted by atomic mass is 15.0. The SMILES string of the molecule is c1ccc(-n2c3ccccc3c3cc(-c4ccc5c(c4)c4ccccc4n5-c4ccc(-c5cccc6c5C(c5ccccc5)(c5ccccc5)c5ccccc5-6)cc4)ccc32)cc1. The summed E-state index contributed by atoms with van der Waals surface area (Å²) >= 11 is 0. The summed E-state index contributed by atoms with van der Waals surface area (Å²) in [5, 5.41) is 5.00. The number of para-hydroxylation sites is 3. The Morgan fingerprint density at radius 2 is 0.698 bits per heavy atom. The molecule has 0 fully saturated rings. The highest BCUT2D eigenvalue weighted by molar-refractivity contribution is 6.12. The minimum Gasteiger partial charge on any atom is -0.309 e. The van der Waals surface area contributed by atoms with Crippen LogP contribution in [0.4, 0.5) is 0 Å². The van der Waals surface area contributed by atoms with Crippen LogP contribution in [0.2, 0.25) is 0 Å². The lowest BCUT2D eigenvalue weighted by Gasteiger charge is -2.35. The molecule has 0 saturated heterocycles. The zero-order valence-electron chi connectivity index (χ0n) is 34.5. The predicted octanol–water partition coefficient (Wildman–Crippen LogP) is 15.6. The van der Waals surface area contributed by atoms with Crippen LogP contribution < -0.4 is 0 Å². The molecule has 1 aliphatic carbocycles. The van der Waals surface area contributed by atoms with Crippen LogP contribution in [-0.2, 0) is 5.41 Å². The van der Waals surface area contributed by atoms with Crippen LogP contribution in [0.3, 0.4) is 0 Å². The summed E-state index contributed by atoms with van der Waals surface area (Å²) in [6.07, 6.45) is 0. The quantitative estimate of drug-likeness (QED) is 0.159. The van der Waals surface area contributed by atoms with Gasteiger partial charge in [-0.3, -0.25) is 0 Å². The molecule has 0 unspecified atom stereocenters. The summed E-state index contributed by atoms with van der Waals surface area (Å²) < 4.78 is 4.81. The van der Waals surface area contributed by atoms with Crippen LogP contribution in [0, 0.1) is 0 Å². The van der Waals surface area contributed by atoms with Gasteiger partial charge in [0, 0.05) is 32.9 Å². The van der Waals surface area contributed by atoms with E-state index in [1.807, 2.05) is 0 Å². The fourth-order valence-electron chi connectivity index (χ4n) is 11.0. The van der Waals surface area contributed by atoms with Gasteiger partial charge in [0.25, 0.3) is 0 Å². The summed E-state index contributed by atoms with van der Waals surface area (Å²) in [4.78, 5) is 0. The second kappa shape index (κ2) is 13.9. The molecule has 0 N–H and O–H groups in total. The summed E-state index contributed by atoms with van der Waals surface area (Å²) in [5.41, 5.74) is 19.3. The normalized spacial score (nSPS) is 12.9. The van der Waals surface area contributed by atoms with Crippen molar-refractivity contribution in [3.05, 3.63) is 265 Å². The Bertz CT molecular complexity index is 3670. The molecular weight excluding hydrogens is 761 g/mol. The van der Waals surface area contributed by atoms with Gasteiger partial charge >= 0.3 is 0 Å². The molecule has 2 heteroatoms. The van der Waals surface area contributed by atoms with E-state index in [9.17, 15) is 0 Å².